The number of nitrogens with zero attached hydrogens (tertiary/aromatic N) is 2. The van der Waals surface area contributed by atoms with Crippen molar-refractivity contribution in [3.63, 3.8) is 0 Å². The van der Waals surface area contributed by atoms with Crippen LogP contribution >= 0.6 is 0 Å². The third kappa shape index (κ3) is 3.16. The predicted octanol–water partition coefficient (Wildman–Crippen LogP) is 3.33. The van der Waals surface area contributed by atoms with Crippen molar-refractivity contribution < 1.29 is 22.1 Å². The van der Waals surface area contributed by atoms with Crippen molar-refractivity contribution in [3.05, 3.63) is 53.6 Å². The molecule has 158 valence electrons. The number of hydrogen-bond acceptors (Lipinski definition) is 5. The van der Waals surface area contributed by atoms with Gasteiger partial charge in [0.1, 0.15) is 5.82 Å². The molecule has 0 unspecified atom stereocenters. The Bertz CT molecular complexity index is 1230. The summed E-state index contributed by atoms with van der Waals surface area (Å²) >= 11 is 0. The lowest BCUT2D eigenvalue weighted by Crippen LogP contribution is -2.41. The number of benzene rings is 1. The Hall–Kier alpha value is -2.23. The van der Waals surface area contributed by atoms with Gasteiger partial charge in [-0.25, -0.2) is 21.8 Å². The smallest absolute Gasteiger partial charge is 0.399 e. The fourth-order valence-corrected chi connectivity index (χ4v) is 4.70. The van der Waals surface area contributed by atoms with Gasteiger partial charge in [-0.1, -0.05) is 17.7 Å². The van der Waals surface area contributed by atoms with Crippen LogP contribution < -0.4 is 5.46 Å². The molecule has 0 atom stereocenters. The highest BCUT2D eigenvalue weighted by molar-refractivity contribution is 7.90. The summed E-state index contributed by atoms with van der Waals surface area (Å²) in [5.74, 6) is -0.522. The Morgan fingerprint density at radius 2 is 1.60 bits per heavy atom. The van der Waals surface area contributed by atoms with E-state index in [4.69, 9.17) is 9.31 Å². The van der Waals surface area contributed by atoms with E-state index in [0.717, 1.165) is 9.54 Å². The minimum atomic E-state index is -3.96. The van der Waals surface area contributed by atoms with Crippen LogP contribution in [0.3, 0.4) is 0 Å². The first kappa shape index (κ1) is 21.0. The van der Waals surface area contributed by atoms with Crippen molar-refractivity contribution in [2.75, 3.05) is 0 Å². The third-order valence-electron chi connectivity index (χ3n) is 5.99. The molecule has 0 spiro atoms. The molecule has 6 nitrogen and oxygen atoms in total. The maximum atomic E-state index is 14.4. The first-order valence-corrected chi connectivity index (χ1v) is 11.1. The molecule has 30 heavy (non-hydrogen) atoms. The van der Waals surface area contributed by atoms with Gasteiger partial charge in [-0.15, -0.1) is 0 Å². The zero-order valence-corrected chi connectivity index (χ0v) is 18.7. The lowest BCUT2D eigenvalue weighted by molar-refractivity contribution is 0.00578. The van der Waals surface area contributed by atoms with Crippen LogP contribution in [0.2, 0.25) is 0 Å². The summed E-state index contributed by atoms with van der Waals surface area (Å²) in [6.45, 7) is 11.0. The largest absolute Gasteiger partial charge is 0.497 e. The number of rotatable bonds is 3. The second kappa shape index (κ2) is 6.64. The maximum Gasteiger partial charge on any atom is 0.497 e. The second-order valence-electron chi connectivity index (χ2n) is 8.71. The highest BCUT2D eigenvalue weighted by atomic mass is 32.2. The molecule has 0 radical (unpaired) electrons. The zero-order valence-electron chi connectivity index (χ0n) is 17.9. The molecule has 1 aliphatic heterocycles. The molecule has 0 saturated carbocycles. The van der Waals surface area contributed by atoms with Gasteiger partial charge in [0, 0.05) is 17.0 Å². The monoisotopic (exact) mass is 430 g/mol. The molecule has 0 bridgehead atoms. The minimum Gasteiger partial charge on any atom is -0.399 e. The highest BCUT2D eigenvalue weighted by Gasteiger charge is 2.52. The number of halogens is 1. The third-order valence-corrected chi connectivity index (χ3v) is 7.66. The summed E-state index contributed by atoms with van der Waals surface area (Å²) in [5.41, 5.74) is 0.364. The molecule has 0 amide bonds. The van der Waals surface area contributed by atoms with Crippen molar-refractivity contribution in [2.24, 2.45) is 0 Å². The Morgan fingerprint density at radius 3 is 2.17 bits per heavy atom. The first-order chi connectivity index (χ1) is 13.8. The molecule has 3 aromatic rings. The number of pyridine rings is 1. The van der Waals surface area contributed by atoms with Gasteiger partial charge in [-0.3, -0.25) is 0 Å². The second-order valence-corrected chi connectivity index (χ2v) is 10.5. The van der Waals surface area contributed by atoms with Crippen LogP contribution in [0.5, 0.6) is 0 Å². The van der Waals surface area contributed by atoms with E-state index in [9.17, 15) is 12.8 Å². The molecular weight excluding hydrogens is 406 g/mol. The molecule has 3 heterocycles. The molecule has 9 heteroatoms. The molecule has 1 saturated heterocycles. The summed E-state index contributed by atoms with van der Waals surface area (Å²) < 4.78 is 54.4. The van der Waals surface area contributed by atoms with E-state index in [1.54, 1.807) is 24.3 Å². The molecule has 0 aliphatic carbocycles. The summed E-state index contributed by atoms with van der Waals surface area (Å²) in [5, 5.41) is 0.340. The maximum absolute atomic E-state index is 14.4. The quantitative estimate of drug-likeness (QED) is 0.597. The average Bonchev–Trinajstić information content (AvgIpc) is 3.10. The summed E-state index contributed by atoms with van der Waals surface area (Å²) in [6.07, 6.45) is 1.42. The number of aryl methyl sites for hydroxylation is 2. The molecular formula is C21H24BFN2O4S. The summed E-state index contributed by atoms with van der Waals surface area (Å²) in [7, 11) is -4.81. The normalized spacial score (nSPS) is 18.3. The van der Waals surface area contributed by atoms with Gasteiger partial charge >= 0.3 is 7.12 Å². The van der Waals surface area contributed by atoms with Gasteiger partial charge in [0.05, 0.1) is 21.8 Å². The molecule has 1 aliphatic rings. The Labute approximate surface area is 176 Å². The Balaban J connectivity index is 1.94. The van der Waals surface area contributed by atoms with Crippen molar-refractivity contribution in [2.45, 2.75) is 57.6 Å². The van der Waals surface area contributed by atoms with Crippen molar-refractivity contribution in [1.82, 2.24) is 8.96 Å². The molecule has 4 rings (SSSR count). The van der Waals surface area contributed by atoms with Crippen molar-refractivity contribution in [1.29, 1.82) is 0 Å². The fraction of sp³-hybridized carbons (Fsp3) is 0.381. The van der Waals surface area contributed by atoms with Crippen LogP contribution in [0.1, 0.15) is 39.0 Å². The van der Waals surface area contributed by atoms with Crippen LogP contribution in [-0.4, -0.2) is 35.7 Å². The average molecular weight is 430 g/mol. The molecule has 1 aromatic carbocycles. The van der Waals surface area contributed by atoms with Gasteiger partial charge in [-0.2, -0.15) is 0 Å². The summed E-state index contributed by atoms with van der Waals surface area (Å²) in [4.78, 5) is 4.37. The number of hydrogen-bond donors (Lipinski definition) is 0. The van der Waals surface area contributed by atoms with E-state index in [2.05, 4.69) is 4.98 Å². The van der Waals surface area contributed by atoms with Gasteiger partial charge in [0.2, 0.25) is 0 Å². The van der Waals surface area contributed by atoms with E-state index in [1.165, 1.54) is 19.2 Å². The van der Waals surface area contributed by atoms with E-state index >= 15 is 0 Å². The van der Waals surface area contributed by atoms with E-state index in [-0.39, 0.29) is 16.2 Å². The molecule has 2 aromatic heterocycles. The summed E-state index contributed by atoms with van der Waals surface area (Å²) in [6, 6.07) is 7.83. The van der Waals surface area contributed by atoms with Gasteiger partial charge in [0.25, 0.3) is 10.0 Å². The van der Waals surface area contributed by atoms with Crippen LogP contribution in [0, 0.1) is 19.7 Å². The molecule has 0 N–H and O–H groups in total. The number of fused-ring (bicyclic) bond motifs is 1. The zero-order chi connectivity index (χ0) is 22.1. The number of aromatic nitrogens is 2. The van der Waals surface area contributed by atoms with E-state index in [0.29, 0.717) is 10.8 Å². The standard InChI is InChI=1S/C21H24BFN2O4S/c1-13-7-9-15(10-8-13)30(26,27)25-12-17(16-11-18(23)14(2)24-19(16)25)22-28-20(3,4)21(5,6)29-22/h7-12H,1-6H3. The van der Waals surface area contributed by atoms with Gasteiger partial charge < -0.3 is 9.31 Å². The van der Waals surface area contributed by atoms with Crippen molar-refractivity contribution >= 4 is 33.6 Å². The Morgan fingerprint density at radius 1 is 1.03 bits per heavy atom. The van der Waals surface area contributed by atoms with E-state index < -0.39 is 34.2 Å². The minimum absolute atomic E-state index is 0.112. The SMILES string of the molecule is Cc1ccc(S(=O)(=O)n2cc(B3OC(C)(C)C(C)(C)O3)c3cc(F)c(C)nc32)cc1. The van der Waals surface area contributed by atoms with Crippen LogP contribution in [-0.2, 0) is 19.3 Å². The Kier molecular flexibility index (Phi) is 4.65. The first-order valence-electron chi connectivity index (χ1n) is 9.69. The molecule has 1 fully saturated rings. The fourth-order valence-electron chi connectivity index (χ4n) is 3.37. The van der Waals surface area contributed by atoms with Crippen LogP contribution in [0.4, 0.5) is 4.39 Å². The lowest BCUT2D eigenvalue weighted by Gasteiger charge is -2.32. The van der Waals surface area contributed by atoms with Gasteiger partial charge in [0.15, 0.2) is 5.65 Å². The van der Waals surface area contributed by atoms with Crippen LogP contribution in [0.15, 0.2) is 41.4 Å². The highest BCUT2D eigenvalue weighted by Crippen LogP contribution is 2.37. The van der Waals surface area contributed by atoms with Crippen molar-refractivity contribution in [3.8, 4) is 0 Å². The van der Waals surface area contributed by atoms with Gasteiger partial charge in [-0.05, 0) is 59.7 Å². The topological polar surface area (TPSA) is 70.4 Å². The van der Waals surface area contributed by atoms with Crippen LogP contribution in [0.25, 0.3) is 11.0 Å². The van der Waals surface area contributed by atoms with E-state index in [1.807, 2.05) is 34.6 Å². The predicted molar refractivity (Wildman–Crippen MR) is 114 cm³/mol. The lowest BCUT2D eigenvalue weighted by atomic mass is 9.79.